The molecule has 0 N–H and O–H groups in total. The molecule has 0 saturated heterocycles. The van der Waals surface area contributed by atoms with E-state index in [1.807, 2.05) is 53.7 Å². The summed E-state index contributed by atoms with van der Waals surface area (Å²) in [4.78, 5) is 4.49. The summed E-state index contributed by atoms with van der Waals surface area (Å²) < 4.78 is 15.3. The second-order valence-corrected chi connectivity index (χ2v) is 6.05. The number of aromatic nitrogens is 4. The van der Waals surface area contributed by atoms with Crippen LogP contribution in [-0.2, 0) is 20.2 Å². The normalized spacial score (nSPS) is 10.9. The molecule has 2 aromatic heterocycles. The molecule has 0 atom stereocenters. The molecule has 0 bridgehead atoms. The topological polar surface area (TPSA) is 54.1 Å². The van der Waals surface area contributed by atoms with Crippen LogP contribution < -0.4 is 9.47 Å². The molecule has 0 saturated carbocycles. The summed E-state index contributed by atoms with van der Waals surface area (Å²) in [6.45, 7) is 5.42. The zero-order valence-corrected chi connectivity index (χ0v) is 15.2. The maximum atomic E-state index is 6.14. The Balaban J connectivity index is 1.89. The summed E-state index contributed by atoms with van der Waals surface area (Å²) in [5.74, 6) is 1.63. The number of methoxy groups -OCH3 is 1. The van der Waals surface area contributed by atoms with Crippen LogP contribution in [-0.4, -0.2) is 26.4 Å². The summed E-state index contributed by atoms with van der Waals surface area (Å²) in [7, 11) is 3.62. The Hall–Kier alpha value is -2.76. The summed E-state index contributed by atoms with van der Waals surface area (Å²) >= 11 is 0. The van der Waals surface area contributed by atoms with E-state index in [0.29, 0.717) is 6.61 Å². The average Bonchev–Trinajstić information content (AvgIpc) is 3.17. The summed E-state index contributed by atoms with van der Waals surface area (Å²) in [6, 6.07) is 7.88. The van der Waals surface area contributed by atoms with E-state index in [1.165, 1.54) is 0 Å². The fourth-order valence-corrected chi connectivity index (χ4v) is 2.77. The second kappa shape index (κ2) is 7.42. The quantitative estimate of drug-likeness (QED) is 0.659. The fourth-order valence-electron chi connectivity index (χ4n) is 2.77. The van der Waals surface area contributed by atoms with E-state index in [2.05, 4.69) is 17.0 Å². The van der Waals surface area contributed by atoms with Gasteiger partial charge in [-0.1, -0.05) is 19.1 Å². The SMILES string of the molecule is CCCn1nc(C)c(OCc2ccc(OC)cc2)c1-c1cn(C)cn1. The Morgan fingerprint density at radius 2 is 1.92 bits per heavy atom. The minimum absolute atomic E-state index is 0.475. The van der Waals surface area contributed by atoms with E-state index in [0.717, 1.165) is 47.1 Å². The third-order valence-corrected chi connectivity index (χ3v) is 4.00. The van der Waals surface area contributed by atoms with E-state index < -0.39 is 0 Å². The summed E-state index contributed by atoms with van der Waals surface area (Å²) in [5, 5.41) is 4.65. The molecule has 0 aliphatic rings. The molecule has 2 heterocycles. The van der Waals surface area contributed by atoms with Gasteiger partial charge in [0.15, 0.2) is 5.75 Å². The number of benzene rings is 1. The van der Waals surface area contributed by atoms with Gasteiger partial charge in [0.25, 0.3) is 0 Å². The molecule has 0 aliphatic heterocycles. The highest BCUT2D eigenvalue weighted by molar-refractivity contribution is 5.64. The Bertz CT molecular complexity index is 834. The first-order chi connectivity index (χ1) is 12.1. The summed E-state index contributed by atoms with van der Waals surface area (Å²) in [5.41, 5.74) is 3.77. The molecular formula is C19H24N4O2. The van der Waals surface area contributed by atoms with Gasteiger partial charge in [0.2, 0.25) is 0 Å². The zero-order valence-electron chi connectivity index (χ0n) is 15.2. The highest BCUT2D eigenvalue weighted by atomic mass is 16.5. The minimum atomic E-state index is 0.475. The Morgan fingerprint density at radius 1 is 1.16 bits per heavy atom. The van der Waals surface area contributed by atoms with E-state index >= 15 is 0 Å². The minimum Gasteiger partial charge on any atom is -0.497 e. The molecule has 0 unspecified atom stereocenters. The van der Waals surface area contributed by atoms with Crippen LogP contribution >= 0.6 is 0 Å². The van der Waals surface area contributed by atoms with Gasteiger partial charge in [-0.05, 0) is 31.0 Å². The van der Waals surface area contributed by atoms with Crippen molar-refractivity contribution in [1.82, 2.24) is 19.3 Å². The lowest BCUT2D eigenvalue weighted by Crippen LogP contribution is -2.03. The predicted octanol–water partition coefficient (Wildman–Crippen LogP) is 3.59. The molecule has 0 radical (unpaired) electrons. The standard InChI is InChI=1S/C19H24N4O2/c1-5-10-23-18(17-11-22(3)13-20-17)19(14(2)21-23)25-12-15-6-8-16(24-4)9-7-15/h6-9,11,13H,5,10,12H2,1-4H3. The van der Waals surface area contributed by atoms with Gasteiger partial charge in [-0.2, -0.15) is 5.10 Å². The maximum Gasteiger partial charge on any atom is 0.170 e. The number of rotatable bonds is 7. The van der Waals surface area contributed by atoms with Crippen molar-refractivity contribution in [3.63, 3.8) is 0 Å². The largest absolute Gasteiger partial charge is 0.497 e. The number of aryl methyl sites for hydroxylation is 3. The highest BCUT2D eigenvalue weighted by Gasteiger charge is 2.20. The lowest BCUT2D eigenvalue weighted by Gasteiger charge is -2.09. The molecule has 0 spiro atoms. The second-order valence-electron chi connectivity index (χ2n) is 6.05. The fraction of sp³-hybridized carbons (Fsp3) is 0.368. The first-order valence-corrected chi connectivity index (χ1v) is 8.43. The number of nitrogens with zero attached hydrogens (tertiary/aromatic N) is 4. The Morgan fingerprint density at radius 3 is 2.52 bits per heavy atom. The van der Waals surface area contributed by atoms with Crippen LogP contribution in [0.1, 0.15) is 24.6 Å². The van der Waals surface area contributed by atoms with Crippen LogP contribution in [0.2, 0.25) is 0 Å². The van der Waals surface area contributed by atoms with Crippen molar-refractivity contribution in [3.8, 4) is 22.9 Å². The average molecular weight is 340 g/mol. The molecule has 6 nitrogen and oxygen atoms in total. The van der Waals surface area contributed by atoms with Crippen molar-refractivity contribution in [2.45, 2.75) is 33.4 Å². The van der Waals surface area contributed by atoms with Crippen LogP contribution in [0.3, 0.4) is 0 Å². The molecular weight excluding hydrogens is 316 g/mol. The third-order valence-electron chi connectivity index (χ3n) is 4.00. The van der Waals surface area contributed by atoms with Crippen LogP contribution in [0.5, 0.6) is 11.5 Å². The van der Waals surface area contributed by atoms with Gasteiger partial charge in [-0.25, -0.2) is 4.98 Å². The smallest absolute Gasteiger partial charge is 0.170 e. The van der Waals surface area contributed by atoms with Gasteiger partial charge >= 0.3 is 0 Å². The Labute approximate surface area is 148 Å². The van der Waals surface area contributed by atoms with Crippen LogP contribution in [0.15, 0.2) is 36.8 Å². The van der Waals surface area contributed by atoms with Gasteiger partial charge in [0, 0.05) is 19.8 Å². The third kappa shape index (κ3) is 3.68. The molecule has 132 valence electrons. The van der Waals surface area contributed by atoms with Crippen molar-refractivity contribution >= 4 is 0 Å². The van der Waals surface area contributed by atoms with Gasteiger partial charge in [-0.15, -0.1) is 0 Å². The first-order valence-electron chi connectivity index (χ1n) is 8.43. The molecule has 0 amide bonds. The van der Waals surface area contributed by atoms with Crippen LogP contribution in [0.4, 0.5) is 0 Å². The van der Waals surface area contributed by atoms with Crippen molar-refractivity contribution in [2.24, 2.45) is 7.05 Å². The van der Waals surface area contributed by atoms with Gasteiger partial charge in [0.05, 0.1) is 13.4 Å². The highest BCUT2D eigenvalue weighted by Crippen LogP contribution is 2.33. The van der Waals surface area contributed by atoms with Crippen molar-refractivity contribution in [3.05, 3.63) is 48.0 Å². The molecule has 6 heteroatoms. The van der Waals surface area contributed by atoms with Crippen molar-refractivity contribution < 1.29 is 9.47 Å². The molecule has 25 heavy (non-hydrogen) atoms. The molecule has 3 rings (SSSR count). The van der Waals surface area contributed by atoms with Gasteiger partial charge < -0.3 is 14.0 Å². The lowest BCUT2D eigenvalue weighted by atomic mass is 10.2. The van der Waals surface area contributed by atoms with E-state index in [1.54, 1.807) is 13.4 Å². The zero-order chi connectivity index (χ0) is 17.8. The van der Waals surface area contributed by atoms with Gasteiger partial charge in [-0.3, -0.25) is 4.68 Å². The Kier molecular flexibility index (Phi) is 5.07. The summed E-state index contributed by atoms with van der Waals surface area (Å²) in [6.07, 6.45) is 4.78. The number of imidazole rings is 1. The molecule has 0 fully saturated rings. The number of hydrogen-bond donors (Lipinski definition) is 0. The first kappa shape index (κ1) is 17.1. The van der Waals surface area contributed by atoms with E-state index in [4.69, 9.17) is 9.47 Å². The number of ether oxygens (including phenoxy) is 2. The van der Waals surface area contributed by atoms with E-state index in [9.17, 15) is 0 Å². The predicted molar refractivity (Wildman–Crippen MR) is 96.8 cm³/mol. The maximum absolute atomic E-state index is 6.14. The van der Waals surface area contributed by atoms with Crippen LogP contribution in [0.25, 0.3) is 11.4 Å². The van der Waals surface area contributed by atoms with Crippen LogP contribution in [0, 0.1) is 6.92 Å². The van der Waals surface area contributed by atoms with Crippen molar-refractivity contribution in [1.29, 1.82) is 0 Å². The van der Waals surface area contributed by atoms with Gasteiger partial charge in [0.1, 0.15) is 29.4 Å². The lowest BCUT2D eigenvalue weighted by molar-refractivity contribution is 0.305. The monoisotopic (exact) mass is 340 g/mol. The van der Waals surface area contributed by atoms with Crippen molar-refractivity contribution in [2.75, 3.05) is 7.11 Å². The van der Waals surface area contributed by atoms with E-state index in [-0.39, 0.29) is 0 Å². The molecule has 1 aromatic carbocycles. The molecule has 0 aliphatic carbocycles. The molecule has 3 aromatic rings. The number of hydrogen-bond acceptors (Lipinski definition) is 4.